The van der Waals surface area contributed by atoms with Crippen LogP contribution in [0.5, 0.6) is 0 Å². The van der Waals surface area contributed by atoms with Crippen molar-refractivity contribution in [1.82, 2.24) is 9.55 Å². The molecule has 0 bridgehead atoms. The topological polar surface area (TPSA) is 54.9 Å². The number of para-hydroxylation sites is 1. The average molecular weight is 190 g/mol. The molecular formula is C10H10N2O2. The summed E-state index contributed by atoms with van der Waals surface area (Å²) in [7, 11) is 1.65. The van der Waals surface area contributed by atoms with Gasteiger partial charge >= 0.3 is 5.69 Å². The summed E-state index contributed by atoms with van der Waals surface area (Å²) in [5.74, 6) is 0. The molecule has 0 aliphatic heterocycles. The Bertz CT molecular complexity index is 608. The number of hydrogen-bond donors (Lipinski definition) is 1. The lowest BCUT2D eigenvalue weighted by molar-refractivity contribution is 0.840. The van der Waals surface area contributed by atoms with Crippen molar-refractivity contribution in [2.24, 2.45) is 7.05 Å². The predicted molar refractivity (Wildman–Crippen MR) is 54.5 cm³/mol. The monoisotopic (exact) mass is 190 g/mol. The van der Waals surface area contributed by atoms with Gasteiger partial charge in [-0.2, -0.15) is 0 Å². The molecule has 0 fully saturated rings. The van der Waals surface area contributed by atoms with Crippen molar-refractivity contribution in [3.05, 3.63) is 44.6 Å². The molecule has 4 heteroatoms. The number of rotatable bonds is 0. The maximum Gasteiger partial charge on any atom is 0.328 e. The van der Waals surface area contributed by atoms with Crippen LogP contribution < -0.4 is 11.2 Å². The lowest BCUT2D eigenvalue weighted by Gasteiger charge is -2.05. The minimum absolute atomic E-state index is 0.327. The Morgan fingerprint density at radius 2 is 2.00 bits per heavy atom. The van der Waals surface area contributed by atoms with Gasteiger partial charge in [0, 0.05) is 7.05 Å². The summed E-state index contributed by atoms with van der Waals surface area (Å²) in [6.45, 7) is 1.88. The highest BCUT2D eigenvalue weighted by atomic mass is 16.2. The van der Waals surface area contributed by atoms with Crippen LogP contribution >= 0.6 is 0 Å². The van der Waals surface area contributed by atoms with E-state index in [1.54, 1.807) is 19.2 Å². The van der Waals surface area contributed by atoms with Gasteiger partial charge in [-0.25, -0.2) is 4.79 Å². The highest BCUT2D eigenvalue weighted by molar-refractivity contribution is 5.80. The molecule has 1 aromatic heterocycles. The molecular weight excluding hydrogens is 180 g/mol. The molecule has 1 heterocycles. The van der Waals surface area contributed by atoms with E-state index in [4.69, 9.17) is 0 Å². The lowest BCUT2D eigenvalue weighted by Crippen LogP contribution is -2.28. The molecule has 1 aromatic carbocycles. The smallest absolute Gasteiger partial charge is 0.296 e. The predicted octanol–water partition coefficient (Wildman–Crippen LogP) is 0.535. The molecule has 72 valence electrons. The second kappa shape index (κ2) is 2.83. The van der Waals surface area contributed by atoms with Crippen LogP contribution in [-0.2, 0) is 7.05 Å². The summed E-state index contributed by atoms with van der Waals surface area (Å²) in [6, 6.07) is 5.39. The van der Waals surface area contributed by atoms with Gasteiger partial charge in [0.05, 0.1) is 10.9 Å². The van der Waals surface area contributed by atoms with Crippen LogP contribution in [0.1, 0.15) is 5.56 Å². The standard InChI is InChI=1S/C10H10N2O2/c1-6-4-3-5-7-8(6)12(2)10(14)11-9(7)13/h3-5H,1-2H3,(H,11,13,14). The quantitative estimate of drug-likeness (QED) is 0.659. The summed E-state index contributed by atoms with van der Waals surface area (Å²) in [6.07, 6.45) is 0. The van der Waals surface area contributed by atoms with E-state index in [-0.39, 0.29) is 11.2 Å². The molecule has 0 saturated carbocycles. The summed E-state index contributed by atoms with van der Waals surface area (Å²) in [5.41, 5.74) is 0.915. The zero-order chi connectivity index (χ0) is 10.3. The third-order valence-electron chi connectivity index (χ3n) is 2.34. The van der Waals surface area contributed by atoms with Gasteiger partial charge in [-0.3, -0.25) is 14.3 Å². The third kappa shape index (κ3) is 1.08. The Labute approximate surface area is 79.8 Å². The fourth-order valence-corrected chi connectivity index (χ4v) is 1.64. The molecule has 14 heavy (non-hydrogen) atoms. The van der Waals surface area contributed by atoms with Crippen molar-refractivity contribution in [2.75, 3.05) is 0 Å². The molecule has 0 atom stereocenters. The summed E-state index contributed by atoms with van der Waals surface area (Å²) in [5, 5.41) is 0.548. The summed E-state index contributed by atoms with van der Waals surface area (Å²) >= 11 is 0. The molecule has 0 radical (unpaired) electrons. The van der Waals surface area contributed by atoms with Gasteiger partial charge < -0.3 is 0 Å². The molecule has 0 saturated heterocycles. The highest BCUT2D eigenvalue weighted by Crippen LogP contribution is 2.11. The van der Waals surface area contributed by atoms with Gasteiger partial charge in [0.2, 0.25) is 0 Å². The molecule has 0 aliphatic rings. The van der Waals surface area contributed by atoms with Crippen molar-refractivity contribution in [1.29, 1.82) is 0 Å². The number of hydrogen-bond acceptors (Lipinski definition) is 2. The van der Waals surface area contributed by atoms with Gasteiger partial charge in [-0.1, -0.05) is 12.1 Å². The van der Waals surface area contributed by atoms with Crippen LogP contribution in [0.3, 0.4) is 0 Å². The van der Waals surface area contributed by atoms with Crippen molar-refractivity contribution in [2.45, 2.75) is 6.92 Å². The molecule has 2 rings (SSSR count). The number of H-pyrrole nitrogens is 1. The van der Waals surface area contributed by atoms with E-state index in [9.17, 15) is 9.59 Å². The van der Waals surface area contributed by atoms with Crippen LogP contribution in [0.2, 0.25) is 0 Å². The van der Waals surface area contributed by atoms with Gasteiger partial charge in [0.15, 0.2) is 0 Å². The van der Waals surface area contributed by atoms with Crippen LogP contribution in [0.25, 0.3) is 10.9 Å². The second-order valence-corrected chi connectivity index (χ2v) is 3.29. The zero-order valence-corrected chi connectivity index (χ0v) is 8.00. The average Bonchev–Trinajstić information content (AvgIpc) is 2.14. The molecule has 1 N–H and O–H groups in total. The van der Waals surface area contributed by atoms with Crippen LogP contribution in [-0.4, -0.2) is 9.55 Å². The van der Waals surface area contributed by atoms with Crippen molar-refractivity contribution in [3.8, 4) is 0 Å². The Morgan fingerprint density at radius 1 is 1.29 bits per heavy atom. The number of aromatic amines is 1. The second-order valence-electron chi connectivity index (χ2n) is 3.29. The van der Waals surface area contributed by atoms with E-state index >= 15 is 0 Å². The van der Waals surface area contributed by atoms with E-state index in [2.05, 4.69) is 4.98 Å². The van der Waals surface area contributed by atoms with Gasteiger partial charge in [-0.15, -0.1) is 0 Å². The molecule has 0 aliphatic carbocycles. The van der Waals surface area contributed by atoms with Crippen molar-refractivity contribution in [3.63, 3.8) is 0 Å². The Hall–Kier alpha value is -1.84. The van der Waals surface area contributed by atoms with Crippen LogP contribution in [0.4, 0.5) is 0 Å². The first-order valence-corrected chi connectivity index (χ1v) is 4.30. The molecule has 0 unspecified atom stereocenters. The van der Waals surface area contributed by atoms with Gasteiger partial charge in [-0.05, 0) is 18.6 Å². The largest absolute Gasteiger partial charge is 0.328 e. The SMILES string of the molecule is Cc1cccc2c(=O)[nH]c(=O)n(C)c12. The van der Waals surface area contributed by atoms with Crippen LogP contribution in [0, 0.1) is 6.92 Å². The Kier molecular flexibility index (Phi) is 1.77. The molecule has 0 amide bonds. The summed E-state index contributed by atoms with van der Waals surface area (Å²) in [4.78, 5) is 25.0. The number of aryl methyl sites for hydroxylation is 2. The number of nitrogens with one attached hydrogen (secondary N) is 1. The fraction of sp³-hybridized carbons (Fsp3) is 0.200. The van der Waals surface area contributed by atoms with Crippen molar-refractivity contribution >= 4 is 10.9 Å². The van der Waals surface area contributed by atoms with Gasteiger partial charge in [0.25, 0.3) is 5.56 Å². The lowest BCUT2D eigenvalue weighted by atomic mass is 10.1. The van der Waals surface area contributed by atoms with E-state index in [0.717, 1.165) is 5.56 Å². The van der Waals surface area contributed by atoms with Crippen molar-refractivity contribution < 1.29 is 0 Å². The van der Waals surface area contributed by atoms with E-state index < -0.39 is 0 Å². The number of fused-ring (bicyclic) bond motifs is 1. The first-order valence-electron chi connectivity index (χ1n) is 4.30. The first kappa shape index (κ1) is 8.74. The zero-order valence-electron chi connectivity index (χ0n) is 8.00. The minimum atomic E-state index is -0.378. The number of aromatic nitrogens is 2. The molecule has 0 spiro atoms. The maximum atomic E-state index is 11.4. The Morgan fingerprint density at radius 3 is 2.71 bits per heavy atom. The Balaban J connectivity index is 3.19. The first-order chi connectivity index (χ1) is 6.61. The van der Waals surface area contributed by atoms with E-state index in [1.807, 2.05) is 13.0 Å². The highest BCUT2D eigenvalue weighted by Gasteiger charge is 2.05. The molecule has 2 aromatic rings. The van der Waals surface area contributed by atoms with Crippen LogP contribution in [0.15, 0.2) is 27.8 Å². The fourth-order valence-electron chi connectivity index (χ4n) is 1.64. The van der Waals surface area contributed by atoms with E-state index in [0.29, 0.717) is 10.9 Å². The third-order valence-corrected chi connectivity index (χ3v) is 2.34. The van der Waals surface area contributed by atoms with Gasteiger partial charge in [0.1, 0.15) is 0 Å². The number of nitrogens with zero attached hydrogens (tertiary/aromatic N) is 1. The normalized spacial score (nSPS) is 10.7. The van der Waals surface area contributed by atoms with E-state index in [1.165, 1.54) is 4.57 Å². The number of benzene rings is 1. The minimum Gasteiger partial charge on any atom is -0.296 e. The molecule has 4 nitrogen and oxygen atoms in total. The maximum absolute atomic E-state index is 11.4. The summed E-state index contributed by atoms with van der Waals surface area (Å²) < 4.78 is 1.45.